The smallest absolute Gasteiger partial charge is 0.279 e. The van der Waals surface area contributed by atoms with Gasteiger partial charge in [0.05, 0.1) is 13.7 Å². The van der Waals surface area contributed by atoms with E-state index in [2.05, 4.69) is 5.32 Å². The molecule has 0 aromatic heterocycles. The molecule has 0 aliphatic rings. The van der Waals surface area contributed by atoms with E-state index in [1.807, 2.05) is 70.3 Å². The third-order valence-electron chi connectivity index (χ3n) is 4.87. The Bertz CT molecular complexity index is 834. The van der Waals surface area contributed by atoms with Gasteiger partial charge >= 0.3 is 0 Å². The zero-order valence-electron chi connectivity index (χ0n) is 18.0. The molecule has 2 rings (SSSR count). The van der Waals surface area contributed by atoms with Gasteiger partial charge in [-0.15, -0.1) is 0 Å². The van der Waals surface area contributed by atoms with Gasteiger partial charge in [0.1, 0.15) is 5.75 Å². The third-order valence-corrected chi connectivity index (χ3v) is 4.87. The second-order valence-electron chi connectivity index (χ2n) is 7.43. The summed E-state index contributed by atoms with van der Waals surface area (Å²) in [6.45, 7) is 7.59. The second kappa shape index (κ2) is 10.6. The molecule has 0 spiro atoms. The van der Waals surface area contributed by atoms with E-state index < -0.39 is 0 Å². The minimum Gasteiger partial charge on any atom is -0.494 e. The summed E-state index contributed by atoms with van der Waals surface area (Å²) >= 11 is 0. The monoisotopic (exact) mass is 398 g/mol. The molecule has 0 aliphatic carbocycles. The van der Waals surface area contributed by atoms with Gasteiger partial charge in [-0.25, -0.2) is 0 Å². The van der Waals surface area contributed by atoms with Gasteiger partial charge < -0.3 is 19.9 Å². The highest BCUT2D eigenvalue weighted by molar-refractivity contribution is 5.92. The Morgan fingerprint density at radius 3 is 2.41 bits per heavy atom. The third kappa shape index (κ3) is 6.91. The van der Waals surface area contributed by atoms with Gasteiger partial charge in [0.15, 0.2) is 13.1 Å². The number of hydrogen-bond acceptors (Lipinski definition) is 3. The largest absolute Gasteiger partial charge is 0.494 e. The van der Waals surface area contributed by atoms with Crippen molar-refractivity contribution in [1.82, 2.24) is 4.90 Å². The summed E-state index contributed by atoms with van der Waals surface area (Å²) in [6, 6.07) is 13.6. The lowest BCUT2D eigenvalue weighted by Crippen LogP contribution is -3.11. The van der Waals surface area contributed by atoms with Crippen molar-refractivity contribution in [1.29, 1.82) is 0 Å². The average Bonchev–Trinajstić information content (AvgIpc) is 2.67. The summed E-state index contributed by atoms with van der Waals surface area (Å²) < 4.78 is 5.44. The number of carbonyl (C=O) groups excluding carboxylic acids is 2. The SMILES string of the molecule is CCOc1ccc(CN(C)C(=O)C[NH+](C)CC(=O)Nc2cccc(C)c2C)cc1. The van der Waals surface area contributed by atoms with E-state index in [1.54, 1.807) is 11.9 Å². The van der Waals surface area contributed by atoms with E-state index in [0.717, 1.165) is 33.0 Å². The molecule has 0 bridgehead atoms. The summed E-state index contributed by atoms with van der Waals surface area (Å²) in [4.78, 5) is 27.4. The number of likely N-dealkylation sites (N-methyl/N-ethyl adjacent to an activating group) is 2. The van der Waals surface area contributed by atoms with Gasteiger partial charge in [-0.2, -0.15) is 0 Å². The molecule has 0 radical (unpaired) electrons. The number of carbonyl (C=O) groups is 2. The lowest BCUT2D eigenvalue weighted by molar-refractivity contribution is -0.862. The van der Waals surface area contributed by atoms with E-state index in [4.69, 9.17) is 4.74 Å². The molecule has 0 aliphatic heterocycles. The summed E-state index contributed by atoms with van der Waals surface area (Å²) in [6.07, 6.45) is 0. The van der Waals surface area contributed by atoms with Crippen LogP contribution in [0.1, 0.15) is 23.6 Å². The highest BCUT2D eigenvalue weighted by Crippen LogP contribution is 2.17. The number of amides is 2. The molecule has 6 nitrogen and oxygen atoms in total. The number of benzene rings is 2. The molecule has 0 fully saturated rings. The molecular formula is C23H32N3O3+. The first-order valence-corrected chi connectivity index (χ1v) is 9.93. The maximum absolute atomic E-state index is 12.5. The number of nitrogens with one attached hydrogen (secondary N) is 2. The highest BCUT2D eigenvalue weighted by atomic mass is 16.5. The van der Waals surface area contributed by atoms with Crippen molar-refractivity contribution in [2.24, 2.45) is 0 Å². The van der Waals surface area contributed by atoms with Crippen LogP contribution in [0.5, 0.6) is 5.75 Å². The van der Waals surface area contributed by atoms with E-state index in [1.165, 1.54) is 0 Å². The number of aryl methyl sites for hydroxylation is 1. The Hall–Kier alpha value is -2.86. The number of hydrogen-bond donors (Lipinski definition) is 2. The summed E-state index contributed by atoms with van der Waals surface area (Å²) in [5, 5.41) is 2.94. The van der Waals surface area contributed by atoms with Crippen molar-refractivity contribution in [2.45, 2.75) is 27.3 Å². The quantitative estimate of drug-likeness (QED) is 0.677. The molecule has 6 heteroatoms. The van der Waals surface area contributed by atoms with Crippen LogP contribution in [-0.2, 0) is 16.1 Å². The van der Waals surface area contributed by atoms with Gasteiger partial charge in [0.2, 0.25) is 0 Å². The number of nitrogens with zero attached hydrogens (tertiary/aromatic N) is 1. The molecule has 0 heterocycles. The lowest BCUT2D eigenvalue weighted by atomic mass is 10.1. The molecule has 2 aromatic carbocycles. The molecule has 29 heavy (non-hydrogen) atoms. The maximum atomic E-state index is 12.5. The maximum Gasteiger partial charge on any atom is 0.279 e. The van der Waals surface area contributed by atoms with Crippen LogP contribution in [0.3, 0.4) is 0 Å². The molecule has 156 valence electrons. The van der Waals surface area contributed by atoms with E-state index in [9.17, 15) is 9.59 Å². The fourth-order valence-corrected chi connectivity index (χ4v) is 3.03. The molecule has 2 amide bonds. The zero-order valence-corrected chi connectivity index (χ0v) is 18.0. The number of anilines is 1. The molecule has 2 aromatic rings. The minimum absolute atomic E-state index is 0.00378. The topological polar surface area (TPSA) is 63.1 Å². The highest BCUT2D eigenvalue weighted by Gasteiger charge is 2.18. The van der Waals surface area contributed by atoms with Crippen molar-refractivity contribution in [2.75, 3.05) is 39.1 Å². The Labute approximate surface area is 173 Å². The van der Waals surface area contributed by atoms with Crippen LogP contribution in [0, 0.1) is 13.8 Å². The Morgan fingerprint density at radius 2 is 1.76 bits per heavy atom. The lowest BCUT2D eigenvalue weighted by Gasteiger charge is -2.20. The summed E-state index contributed by atoms with van der Waals surface area (Å²) in [5.41, 5.74) is 4.05. The van der Waals surface area contributed by atoms with Crippen molar-refractivity contribution < 1.29 is 19.2 Å². The number of rotatable bonds is 9. The predicted molar refractivity (Wildman–Crippen MR) is 115 cm³/mol. The van der Waals surface area contributed by atoms with Gasteiger partial charge in [-0.3, -0.25) is 9.59 Å². The van der Waals surface area contributed by atoms with Crippen LogP contribution in [0.2, 0.25) is 0 Å². The Kier molecular flexibility index (Phi) is 8.21. The molecule has 0 saturated carbocycles. The van der Waals surface area contributed by atoms with Crippen LogP contribution in [0.15, 0.2) is 42.5 Å². The fourth-order valence-electron chi connectivity index (χ4n) is 3.03. The first-order chi connectivity index (χ1) is 13.8. The number of quaternary nitrogens is 1. The van der Waals surface area contributed by atoms with Gasteiger partial charge in [-0.1, -0.05) is 24.3 Å². The fraction of sp³-hybridized carbons (Fsp3) is 0.391. The second-order valence-corrected chi connectivity index (χ2v) is 7.43. The molecule has 0 saturated heterocycles. The standard InChI is InChI=1S/C23H31N3O3/c1-6-29-20-12-10-19(11-13-20)14-26(5)23(28)16-25(4)15-22(27)24-21-9-7-8-17(2)18(21)3/h7-13H,6,14-16H2,1-5H3,(H,24,27)/p+1. The molecule has 1 atom stereocenters. The minimum atomic E-state index is -0.0989. The van der Waals surface area contributed by atoms with Gasteiger partial charge in [0, 0.05) is 19.3 Å². The first kappa shape index (κ1) is 22.4. The van der Waals surface area contributed by atoms with Crippen LogP contribution in [0.25, 0.3) is 0 Å². The average molecular weight is 399 g/mol. The van der Waals surface area contributed by atoms with Gasteiger partial charge in [0.25, 0.3) is 11.8 Å². The van der Waals surface area contributed by atoms with Crippen molar-refractivity contribution >= 4 is 17.5 Å². The zero-order chi connectivity index (χ0) is 21.4. The molecule has 1 unspecified atom stereocenters. The van der Waals surface area contributed by atoms with Crippen molar-refractivity contribution in [3.05, 3.63) is 59.2 Å². The number of ether oxygens (including phenoxy) is 1. The predicted octanol–water partition coefficient (Wildman–Crippen LogP) is 1.81. The van der Waals surface area contributed by atoms with Crippen LogP contribution in [0.4, 0.5) is 5.69 Å². The van der Waals surface area contributed by atoms with E-state index >= 15 is 0 Å². The van der Waals surface area contributed by atoms with E-state index in [-0.39, 0.29) is 24.9 Å². The van der Waals surface area contributed by atoms with Crippen molar-refractivity contribution in [3.8, 4) is 5.75 Å². The molecule has 2 N–H and O–H groups in total. The van der Waals surface area contributed by atoms with E-state index in [0.29, 0.717) is 13.2 Å². The first-order valence-electron chi connectivity index (χ1n) is 9.93. The summed E-state index contributed by atoms with van der Waals surface area (Å²) in [7, 11) is 3.63. The van der Waals surface area contributed by atoms with Gasteiger partial charge in [-0.05, 0) is 55.7 Å². The Balaban J connectivity index is 1.82. The van der Waals surface area contributed by atoms with Crippen LogP contribution >= 0.6 is 0 Å². The normalized spacial score (nSPS) is 11.6. The van der Waals surface area contributed by atoms with Crippen LogP contribution < -0.4 is 15.0 Å². The van der Waals surface area contributed by atoms with Crippen molar-refractivity contribution in [3.63, 3.8) is 0 Å². The Morgan fingerprint density at radius 1 is 1.07 bits per heavy atom. The molecular weight excluding hydrogens is 366 g/mol. The van der Waals surface area contributed by atoms with Crippen LogP contribution in [-0.4, -0.2) is 50.5 Å². The summed E-state index contributed by atoms with van der Waals surface area (Å²) in [5.74, 6) is 0.721.